The number of hydrogen-bond donors (Lipinski definition) is 0. The number of carbonyl (C=O) groups is 2. The van der Waals surface area contributed by atoms with Crippen LogP contribution in [0.25, 0.3) is 16.6 Å². The fraction of sp³-hybridized carbons (Fsp3) is 0.200. The number of halogens is 1. The van der Waals surface area contributed by atoms with Gasteiger partial charge in [-0.3, -0.25) is 4.79 Å². The highest BCUT2D eigenvalue weighted by molar-refractivity contribution is 6.32. The Morgan fingerprint density at radius 3 is 2.56 bits per heavy atom. The van der Waals surface area contributed by atoms with Crippen molar-refractivity contribution >= 4 is 29.4 Å². The van der Waals surface area contributed by atoms with Crippen molar-refractivity contribution in [3.05, 3.63) is 52.8 Å². The van der Waals surface area contributed by atoms with Gasteiger partial charge in [0, 0.05) is 23.4 Å². The van der Waals surface area contributed by atoms with E-state index in [2.05, 4.69) is 0 Å². The Morgan fingerprint density at radius 1 is 1.19 bits per heavy atom. The molecule has 0 N–H and O–H groups in total. The monoisotopic (exact) mass is 387 g/mol. The fourth-order valence-corrected chi connectivity index (χ4v) is 3.33. The zero-order valence-corrected chi connectivity index (χ0v) is 15.9. The molecule has 0 aliphatic heterocycles. The molecule has 0 amide bonds. The number of esters is 1. The number of carbonyl (C=O) groups excluding carboxylic acids is 2. The average molecular weight is 388 g/mol. The molecule has 0 bridgehead atoms. The van der Waals surface area contributed by atoms with Crippen molar-refractivity contribution in [1.29, 1.82) is 0 Å². The SMILES string of the molecule is CCOC(=O)c1c(-c2cc(Cl)c(OC)cc2OC)c(C=O)n2ccccc12. The van der Waals surface area contributed by atoms with Crippen LogP contribution in [-0.2, 0) is 4.74 Å². The van der Waals surface area contributed by atoms with Crippen LogP contribution < -0.4 is 9.47 Å². The molecule has 3 aromatic rings. The maximum atomic E-state index is 12.7. The van der Waals surface area contributed by atoms with Gasteiger partial charge in [-0.15, -0.1) is 0 Å². The maximum absolute atomic E-state index is 12.7. The average Bonchev–Trinajstić information content (AvgIpc) is 3.02. The predicted molar refractivity (Wildman–Crippen MR) is 102 cm³/mol. The lowest BCUT2D eigenvalue weighted by Crippen LogP contribution is -2.06. The summed E-state index contributed by atoms with van der Waals surface area (Å²) in [6.45, 7) is 1.93. The quantitative estimate of drug-likeness (QED) is 0.467. The Balaban J connectivity index is 2.44. The third-order valence-corrected chi connectivity index (χ3v) is 4.51. The zero-order valence-electron chi connectivity index (χ0n) is 15.1. The van der Waals surface area contributed by atoms with Gasteiger partial charge in [-0.05, 0) is 25.1 Å². The maximum Gasteiger partial charge on any atom is 0.340 e. The van der Waals surface area contributed by atoms with E-state index in [1.165, 1.54) is 14.2 Å². The summed E-state index contributed by atoms with van der Waals surface area (Å²) in [5.41, 5.74) is 2.03. The number of fused-ring (bicyclic) bond motifs is 1. The minimum Gasteiger partial charge on any atom is -0.496 e. The van der Waals surface area contributed by atoms with Gasteiger partial charge < -0.3 is 18.6 Å². The minimum absolute atomic E-state index is 0.208. The molecule has 2 heterocycles. The topological polar surface area (TPSA) is 66.2 Å². The molecule has 0 aliphatic carbocycles. The second-order valence-corrected chi connectivity index (χ2v) is 6.02. The van der Waals surface area contributed by atoms with Gasteiger partial charge in [0.2, 0.25) is 0 Å². The third-order valence-electron chi connectivity index (χ3n) is 4.22. The number of ether oxygens (including phenoxy) is 3. The Bertz CT molecular complexity index is 1020. The number of aromatic nitrogens is 1. The van der Waals surface area contributed by atoms with Gasteiger partial charge in [-0.1, -0.05) is 17.7 Å². The summed E-state index contributed by atoms with van der Waals surface area (Å²) in [4.78, 5) is 24.7. The number of hydrogen-bond acceptors (Lipinski definition) is 5. The van der Waals surface area contributed by atoms with E-state index >= 15 is 0 Å². The highest BCUT2D eigenvalue weighted by Gasteiger charge is 2.27. The van der Waals surface area contributed by atoms with Crippen molar-refractivity contribution in [2.24, 2.45) is 0 Å². The van der Waals surface area contributed by atoms with Crippen molar-refractivity contribution in [2.45, 2.75) is 6.92 Å². The molecule has 0 saturated heterocycles. The fourth-order valence-electron chi connectivity index (χ4n) is 3.09. The molecule has 1 aromatic carbocycles. The van der Waals surface area contributed by atoms with Gasteiger partial charge in [0.05, 0.1) is 42.6 Å². The van der Waals surface area contributed by atoms with Crippen LogP contribution >= 0.6 is 11.6 Å². The lowest BCUT2D eigenvalue weighted by molar-refractivity contribution is 0.0529. The Hall–Kier alpha value is -2.99. The van der Waals surface area contributed by atoms with Gasteiger partial charge in [0.15, 0.2) is 6.29 Å². The Morgan fingerprint density at radius 2 is 1.93 bits per heavy atom. The Labute approximate surface area is 161 Å². The molecule has 0 saturated carbocycles. The molecule has 0 unspecified atom stereocenters. The van der Waals surface area contributed by atoms with Crippen molar-refractivity contribution in [3.63, 3.8) is 0 Å². The van der Waals surface area contributed by atoms with Crippen LogP contribution in [-0.4, -0.2) is 37.5 Å². The summed E-state index contributed by atoms with van der Waals surface area (Å²) >= 11 is 6.30. The molecule has 3 rings (SSSR count). The van der Waals surface area contributed by atoms with Crippen LogP contribution in [0.4, 0.5) is 0 Å². The van der Waals surface area contributed by atoms with Gasteiger partial charge in [0.1, 0.15) is 11.5 Å². The molecule has 0 atom stereocenters. The van der Waals surface area contributed by atoms with Crippen LogP contribution in [0.3, 0.4) is 0 Å². The number of nitrogens with zero attached hydrogens (tertiary/aromatic N) is 1. The van der Waals surface area contributed by atoms with Crippen LogP contribution in [0.15, 0.2) is 36.5 Å². The molecule has 6 nitrogen and oxygen atoms in total. The van der Waals surface area contributed by atoms with E-state index < -0.39 is 5.97 Å². The first-order chi connectivity index (χ1) is 13.1. The molecular weight excluding hydrogens is 370 g/mol. The smallest absolute Gasteiger partial charge is 0.340 e. The minimum atomic E-state index is -0.529. The summed E-state index contributed by atoms with van der Waals surface area (Å²) in [6, 6.07) is 8.54. The van der Waals surface area contributed by atoms with Crippen molar-refractivity contribution in [3.8, 4) is 22.6 Å². The number of aldehydes is 1. The number of methoxy groups -OCH3 is 2. The molecule has 2 aromatic heterocycles. The summed E-state index contributed by atoms with van der Waals surface area (Å²) in [6.07, 6.45) is 2.41. The van der Waals surface area contributed by atoms with Crippen molar-refractivity contribution < 1.29 is 23.8 Å². The highest BCUT2D eigenvalue weighted by Crippen LogP contribution is 2.42. The van der Waals surface area contributed by atoms with Crippen LogP contribution in [0.5, 0.6) is 11.5 Å². The first-order valence-corrected chi connectivity index (χ1v) is 8.62. The first kappa shape index (κ1) is 18.8. The summed E-state index contributed by atoms with van der Waals surface area (Å²) in [5.74, 6) is 0.311. The van der Waals surface area contributed by atoms with E-state index in [1.54, 1.807) is 47.9 Å². The van der Waals surface area contributed by atoms with E-state index in [-0.39, 0.29) is 12.2 Å². The third kappa shape index (κ3) is 3.13. The second kappa shape index (κ2) is 7.72. The van der Waals surface area contributed by atoms with Gasteiger partial charge >= 0.3 is 5.97 Å². The largest absolute Gasteiger partial charge is 0.496 e. The molecule has 0 aliphatic rings. The number of rotatable bonds is 6. The van der Waals surface area contributed by atoms with E-state index in [0.29, 0.717) is 45.1 Å². The van der Waals surface area contributed by atoms with Crippen LogP contribution in [0.1, 0.15) is 27.8 Å². The predicted octanol–water partition coefficient (Wildman–Crippen LogP) is 4.27. The van der Waals surface area contributed by atoms with E-state index in [4.69, 9.17) is 25.8 Å². The molecule has 27 heavy (non-hydrogen) atoms. The van der Waals surface area contributed by atoms with E-state index in [1.807, 2.05) is 0 Å². The van der Waals surface area contributed by atoms with E-state index in [9.17, 15) is 9.59 Å². The van der Waals surface area contributed by atoms with Gasteiger partial charge in [-0.25, -0.2) is 4.79 Å². The molecule has 0 spiro atoms. The zero-order chi connectivity index (χ0) is 19.6. The summed E-state index contributed by atoms with van der Waals surface area (Å²) in [7, 11) is 2.99. The molecular formula is C20H18ClNO5. The van der Waals surface area contributed by atoms with Gasteiger partial charge in [-0.2, -0.15) is 0 Å². The van der Waals surface area contributed by atoms with Gasteiger partial charge in [0.25, 0.3) is 0 Å². The lowest BCUT2D eigenvalue weighted by atomic mass is 9.99. The van der Waals surface area contributed by atoms with Crippen molar-refractivity contribution in [1.82, 2.24) is 4.40 Å². The lowest BCUT2D eigenvalue weighted by Gasteiger charge is -2.13. The summed E-state index contributed by atoms with van der Waals surface area (Å²) in [5, 5.41) is 0.329. The van der Waals surface area contributed by atoms with Crippen molar-refractivity contribution in [2.75, 3.05) is 20.8 Å². The first-order valence-electron chi connectivity index (χ1n) is 8.24. The number of pyridine rings is 1. The van der Waals surface area contributed by atoms with Crippen LogP contribution in [0, 0.1) is 0 Å². The molecule has 0 fully saturated rings. The Kier molecular flexibility index (Phi) is 5.37. The summed E-state index contributed by atoms with van der Waals surface area (Å²) < 4.78 is 17.6. The molecule has 140 valence electrons. The molecule has 0 radical (unpaired) electrons. The molecule has 7 heteroatoms. The van der Waals surface area contributed by atoms with Crippen LogP contribution in [0.2, 0.25) is 5.02 Å². The number of benzene rings is 1. The normalized spacial score (nSPS) is 10.7. The highest BCUT2D eigenvalue weighted by atomic mass is 35.5. The van der Waals surface area contributed by atoms with E-state index in [0.717, 1.165) is 0 Å². The standard InChI is InChI=1S/C20H18ClNO5/c1-4-27-20(24)19-14-7-5-6-8-22(14)15(11-23)18(19)12-9-13(21)17(26-3)10-16(12)25-2/h5-11H,4H2,1-3H3. The second-order valence-electron chi connectivity index (χ2n) is 5.62.